The van der Waals surface area contributed by atoms with E-state index < -0.39 is 0 Å². The molecule has 0 radical (unpaired) electrons. The van der Waals surface area contributed by atoms with Gasteiger partial charge in [0.15, 0.2) is 0 Å². The SMILES string of the molecule is CCCCC1=CP=C2C=CC(CCCC)=C12. The fraction of sp³-hybridized carbons (Fsp3) is 0.533. The molecule has 0 N–H and O–H groups in total. The molecule has 0 aromatic rings. The van der Waals surface area contributed by atoms with Gasteiger partial charge in [-0.3, -0.25) is 0 Å². The van der Waals surface area contributed by atoms with Crippen LogP contribution in [-0.4, -0.2) is 5.29 Å². The number of rotatable bonds is 6. The molecule has 2 rings (SSSR count). The number of hydrogen-bond donors (Lipinski definition) is 0. The Labute approximate surface area is 101 Å². The topological polar surface area (TPSA) is 0 Å². The first-order valence-electron chi connectivity index (χ1n) is 6.55. The Morgan fingerprint density at radius 2 is 1.75 bits per heavy atom. The van der Waals surface area contributed by atoms with Crippen LogP contribution in [-0.2, 0) is 0 Å². The van der Waals surface area contributed by atoms with E-state index in [0.29, 0.717) is 0 Å². The zero-order chi connectivity index (χ0) is 11.4. The van der Waals surface area contributed by atoms with Crippen LogP contribution in [0.2, 0.25) is 0 Å². The van der Waals surface area contributed by atoms with Gasteiger partial charge in [-0.15, -0.1) is 0 Å². The van der Waals surface area contributed by atoms with E-state index in [9.17, 15) is 0 Å². The molecule has 1 heteroatoms. The van der Waals surface area contributed by atoms with Gasteiger partial charge in [-0.2, -0.15) is 0 Å². The van der Waals surface area contributed by atoms with Crippen molar-refractivity contribution in [2.75, 3.05) is 0 Å². The summed E-state index contributed by atoms with van der Waals surface area (Å²) in [5.41, 5.74) is 4.84. The van der Waals surface area contributed by atoms with E-state index in [4.69, 9.17) is 0 Å². The lowest BCUT2D eigenvalue weighted by molar-refractivity contribution is 0.783. The molecule has 0 aromatic heterocycles. The molecule has 0 bridgehead atoms. The summed E-state index contributed by atoms with van der Waals surface area (Å²) < 4.78 is 0. The monoisotopic (exact) mass is 232 g/mol. The van der Waals surface area contributed by atoms with Crippen molar-refractivity contribution in [1.82, 2.24) is 0 Å². The van der Waals surface area contributed by atoms with Gasteiger partial charge in [0, 0.05) is 5.29 Å². The molecule has 0 aromatic carbocycles. The fourth-order valence-corrected chi connectivity index (χ4v) is 3.46. The lowest BCUT2D eigenvalue weighted by atomic mass is 9.96. The van der Waals surface area contributed by atoms with E-state index in [1.54, 1.807) is 22.0 Å². The second kappa shape index (κ2) is 5.64. The average molecular weight is 232 g/mol. The summed E-state index contributed by atoms with van der Waals surface area (Å²) in [5.74, 6) is 2.43. The van der Waals surface area contributed by atoms with Crippen molar-refractivity contribution in [3.63, 3.8) is 0 Å². The Morgan fingerprint density at radius 3 is 2.50 bits per heavy atom. The highest BCUT2D eigenvalue weighted by molar-refractivity contribution is 7.46. The number of fused-ring (bicyclic) bond motifs is 1. The van der Waals surface area contributed by atoms with Crippen molar-refractivity contribution >= 4 is 13.5 Å². The molecule has 0 fully saturated rings. The summed E-state index contributed by atoms with van der Waals surface area (Å²) >= 11 is 0. The summed E-state index contributed by atoms with van der Waals surface area (Å²) in [5, 5.41) is 1.55. The average Bonchev–Trinajstić information content (AvgIpc) is 2.86. The molecule has 0 spiro atoms. The summed E-state index contributed by atoms with van der Waals surface area (Å²) in [4.78, 5) is 0. The van der Waals surface area contributed by atoms with Gasteiger partial charge in [-0.1, -0.05) is 41.0 Å². The van der Waals surface area contributed by atoms with Crippen LogP contribution in [0.1, 0.15) is 52.4 Å². The predicted octanol–water partition coefficient (Wildman–Crippen LogP) is 5.25. The van der Waals surface area contributed by atoms with Crippen LogP contribution >= 0.6 is 8.20 Å². The third kappa shape index (κ3) is 2.38. The Hall–Kier alpha value is -0.610. The van der Waals surface area contributed by atoms with E-state index in [2.05, 4.69) is 31.8 Å². The highest BCUT2D eigenvalue weighted by Gasteiger charge is 2.21. The molecule has 2 aliphatic rings. The smallest absolute Gasteiger partial charge is 0.00960 e. The largest absolute Gasteiger partial charge is 0.0675 e. The highest BCUT2D eigenvalue weighted by Crippen LogP contribution is 2.38. The van der Waals surface area contributed by atoms with Gasteiger partial charge in [0.05, 0.1) is 0 Å². The summed E-state index contributed by atoms with van der Waals surface area (Å²) in [6.07, 6.45) is 12.5. The van der Waals surface area contributed by atoms with Crippen LogP contribution in [0.3, 0.4) is 0 Å². The molecule has 0 saturated heterocycles. The summed E-state index contributed by atoms with van der Waals surface area (Å²) in [7, 11) is 1.43. The molecule has 86 valence electrons. The minimum absolute atomic E-state index is 1.27. The summed E-state index contributed by atoms with van der Waals surface area (Å²) in [6.45, 7) is 4.55. The Balaban J connectivity index is 2.09. The first-order chi connectivity index (χ1) is 7.86. The normalized spacial score (nSPS) is 18.9. The van der Waals surface area contributed by atoms with Gasteiger partial charge in [0.25, 0.3) is 0 Å². The molecule has 0 nitrogen and oxygen atoms in total. The lowest BCUT2D eigenvalue weighted by Gasteiger charge is -2.08. The van der Waals surface area contributed by atoms with Crippen LogP contribution in [0.25, 0.3) is 0 Å². The van der Waals surface area contributed by atoms with E-state index in [0.717, 1.165) is 0 Å². The lowest BCUT2D eigenvalue weighted by Crippen LogP contribution is -1.96. The van der Waals surface area contributed by atoms with Gasteiger partial charge in [0.2, 0.25) is 0 Å². The molecular weight excluding hydrogens is 211 g/mol. The van der Waals surface area contributed by atoms with E-state index in [1.165, 1.54) is 46.7 Å². The predicted molar refractivity (Wildman–Crippen MR) is 75.2 cm³/mol. The van der Waals surface area contributed by atoms with Crippen molar-refractivity contribution in [1.29, 1.82) is 0 Å². The third-order valence-electron chi connectivity index (χ3n) is 3.30. The molecule has 0 unspecified atom stereocenters. The maximum Gasteiger partial charge on any atom is 0.00960 e. The van der Waals surface area contributed by atoms with Crippen LogP contribution in [0.15, 0.2) is 34.7 Å². The van der Waals surface area contributed by atoms with Crippen LogP contribution in [0, 0.1) is 0 Å². The van der Waals surface area contributed by atoms with Crippen molar-refractivity contribution in [3.05, 3.63) is 34.7 Å². The van der Waals surface area contributed by atoms with Crippen LogP contribution in [0.4, 0.5) is 0 Å². The highest BCUT2D eigenvalue weighted by atomic mass is 31.1. The standard InChI is InChI=1S/C15H21P/c1-3-5-7-12-9-10-14-15(12)13(11-16-14)8-6-4-2/h9-11H,3-8H2,1-2H3. The molecule has 0 amide bonds. The second-order valence-electron chi connectivity index (χ2n) is 4.61. The van der Waals surface area contributed by atoms with Crippen molar-refractivity contribution < 1.29 is 0 Å². The zero-order valence-electron chi connectivity index (χ0n) is 10.4. The van der Waals surface area contributed by atoms with Gasteiger partial charge >= 0.3 is 0 Å². The maximum absolute atomic E-state index is 2.43. The first kappa shape index (κ1) is 11.9. The van der Waals surface area contributed by atoms with Gasteiger partial charge < -0.3 is 0 Å². The molecule has 1 aliphatic carbocycles. The molecule has 0 saturated carbocycles. The van der Waals surface area contributed by atoms with Gasteiger partial charge in [0.1, 0.15) is 0 Å². The van der Waals surface area contributed by atoms with Crippen molar-refractivity contribution in [2.24, 2.45) is 0 Å². The van der Waals surface area contributed by atoms with Crippen molar-refractivity contribution in [2.45, 2.75) is 52.4 Å². The fourth-order valence-electron chi connectivity index (χ4n) is 2.33. The quantitative estimate of drug-likeness (QED) is 0.549. The van der Waals surface area contributed by atoms with Gasteiger partial charge in [-0.25, -0.2) is 0 Å². The molecular formula is C15H21P. The summed E-state index contributed by atoms with van der Waals surface area (Å²) in [6, 6.07) is 0. The van der Waals surface area contributed by atoms with Crippen LogP contribution in [0.5, 0.6) is 0 Å². The number of allylic oxidation sites excluding steroid dienone is 5. The molecule has 0 atom stereocenters. The van der Waals surface area contributed by atoms with E-state index in [1.807, 2.05) is 0 Å². The first-order valence-corrected chi connectivity index (χ1v) is 7.52. The number of hydrogen-bond acceptors (Lipinski definition) is 0. The van der Waals surface area contributed by atoms with Gasteiger partial charge in [-0.05, 0) is 54.3 Å². The Kier molecular flexibility index (Phi) is 4.18. The third-order valence-corrected chi connectivity index (χ3v) is 4.39. The maximum atomic E-state index is 2.43. The Bertz CT molecular complexity index is 380. The van der Waals surface area contributed by atoms with E-state index in [-0.39, 0.29) is 0 Å². The second-order valence-corrected chi connectivity index (χ2v) is 5.61. The molecule has 1 aliphatic heterocycles. The van der Waals surface area contributed by atoms with Crippen molar-refractivity contribution in [3.8, 4) is 0 Å². The number of unbranched alkanes of at least 4 members (excludes halogenated alkanes) is 2. The molecule has 16 heavy (non-hydrogen) atoms. The zero-order valence-corrected chi connectivity index (χ0v) is 11.3. The Morgan fingerprint density at radius 1 is 1.00 bits per heavy atom. The minimum atomic E-state index is 1.27. The molecule has 1 heterocycles. The van der Waals surface area contributed by atoms with E-state index >= 15 is 0 Å². The van der Waals surface area contributed by atoms with Crippen LogP contribution < -0.4 is 0 Å². The minimum Gasteiger partial charge on any atom is -0.0675 e.